The molecule has 0 aliphatic heterocycles. The summed E-state index contributed by atoms with van der Waals surface area (Å²) in [6.45, 7) is 4.27. The van der Waals surface area contributed by atoms with Crippen LogP contribution in [-0.2, 0) is 0 Å². The van der Waals surface area contributed by atoms with Crippen molar-refractivity contribution in [3.8, 4) is 0 Å². The number of hydrogen-bond donors (Lipinski definition) is 0. The molecule has 3 aromatic heterocycles. The molecule has 3 heterocycles. The second kappa shape index (κ2) is 5.01. The third-order valence-corrected chi connectivity index (χ3v) is 6.31. The molecule has 2 atom stereocenters. The van der Waals surface area contributed by atoms with E-state index in [4.69, 9.17) is 21.7 Å². The average Bonchev–Trinajstić information content (AvgIpc) is 3.16. The van der Waals surface area contributed by atoms with Crippen LogP contribution in [0.2, 0.25) is 5.02 Å². The molecule has 120 valence electrons. The lowest BCUT2D eigenvalue weighted by Crippen LogP contribution is -1.91. The fraction of sp³-hybridized carbons (Fsp3) is 0.278. The highest BCUT2D eigenvalue weighted by atomic mass is 35.5. The molecule has 1 fully saturated rings. The topological polar surface area (TPSA) is 43.1 Å². The second-order valence-corrected chi connectivity index (χ2v) is 8.09. The van der Waals surface area contributed by atoms with E-state index in [-0.39, 0.29) is 0 Å². The maximum atomic E-state index is 5.98. The van der Waals surface area contributed by atoms with Crippen molar-refractivity contribution in [3.63, 3.8) is 0 Å². The summed E-state index contributed by atoms with van der Waals surface area (Å²) < 4.78 is 1.83. The maximum absolute atomic E-state index is 5.98. The van der Waals surface area contributed by atoms with Crippen LogP contribution in [0.3, 0.4) is 0 Å². The van der Waals surface area contributed by atoms with Gasteiger partial charge in [-0.05, 0) is 49.4 Å². The fourth-order valence-electron chi connectivity index (χ4n) is 3.38. The second-order valence-electron chi connectivity index (χ2n) is 6.45. The molecular formula is C18H15ClN4S. The van der Waals surface area contributed by atoms with Crippen LogP contribution in [0.15, 0.2) is 30.6 Å². The third-order valence-electron chi connectivity index (χ3n) is 4.94. The number of hydrogen-bond acceptors (Lipinski definition) is 4. The molecule has 0 amide bonds. The summed E-state index contributed by atoms with van der Waals surface area (Å²) in [5.74, 6) is 1.81. The summed E-state index contributed by atoms with van der Waals surface area (Å²) in [5, 5.41) is 6.61. The minimum absolute atomic E-state index is 0.390. The maximum Gasteiger partial charge on any atom is 0.167 e. The van der Waals surface area contributed by atoms with Crippen molar-refractivity contribution in [3.05, 3.63) is 57.4 Å². The van der Waals surface area contributed by atoms with E-state index in [9.17, 15) is 0 Å². The Morgan fingerprint density at radius 3 is 2.75 bits per heavy atom. The van der Waals surface area contributed by atoms with Crippen molar-refractivity contribution in [2.75, 3.05) is 0 Å². The Morgan fingerprint density at radius 1 is 1.17 bits per heavy atom. The summed E-state index contributed by atoms with van der Waals surface area (Å²) in [6, 6.07) is 8.12. The van der Waals surface area contributed by atoms with Gasteiger partial charge >= 0.3 is 0 Å². The first-order valence-electron chi connectivity index (χ1n) is 7.98. The van der Waals surface area contributed by atoms with Gasteiger partial charge in [0.25, 0.3) is 0 Å². The molecular weight excluding hydrogens is 340 g/mol. The molecule has 4 nitrogen and oxygen atoms in total. The lowest BCUT2D eigenvalue weighted by atomic mass is 10.1. The summed E-state index contributed by atoms with van der Waals surface area (Å²) in [7, 11) is 0. The van der Waals surface area contributed by atoms with Crippen LogP contribution >= 0.6 is 22.9 Å². The number of nitrogens with zero attached hydrogens (tertiary/aromatic N) is 4. The number of fused-ring (bicyclic) bond motifs is 3. The molecule has 1 saturated carbocycles. The predicted octanol–water partition coefficient (Wildman–Crippen LogP) is 4.88. The SMILES string of the molecule is Cc1sc2ncn3nc([C@H]4C[C@@H]4c4ccc(Cl)cc4)nc3c2c1C. The van der Waals surface area contributed by atoms with Crippen LogP contribution in [-0.4, -0.2) is 19.6 Å². The number of benzene rings is 1. The van der Waals surface area contributed by atoms with Gasteiger partial charge < -0.3 is 0 Å². The molecule has 0 saturated heterocycles. The van der Waals surface area contributed by atoms with Gasteiger partial charge in [-0.1, -0.05) is 23.7 Å². The van der Waals surface area contributed by atoms with Crippen LogP contribution in [0.1, 0.15) is 40.1 Å². The zero-order valence-corrected chi connectivity index (χ0v) is 14.9. The molecule has 0 spiro atoms. The Bertz CT molecular complexity index is 1080. The zero-order valence-electron chi connectivity index (χ0n) is 13.3. The van der Waals surface area contributed by atoms with Crippen molar-refractivity contribution < 1.29 is 0 Å². The summed E-state index contributed by atoms with van der Waals surface area (Å²) >= 11 is 7.70. The Hall–Kier alpha value is -1.98. The van der Waals surface area contributed by atoms with E-state index in [2.05, 4.69) is 31.0 Å². The average molecular weight is 355 g/mol. The van der Waals surface area contributed by atoms with E-state index >= 15 is 0 Å². The van der Waals surface area contributed by atoms with E-state index in [1.165, 1.54) is 16.0 Å². The van der Waals surface area contributed by atoms with Crippen molar-refractivity contribution in [1.82, 2.24) is 19.6 Å². The van der Waals surface area contributed by atoms with Gasteiger partial charge in [0, 0.05) is 15.8 Å². The highest BCUT2D eigenvalue weighted by Crippen LogP contribution is 2.53. The first kappa shape index (κ1) is 14.4. The van der Waals surface area contributed by atoms with E-state index in [1.807, 2.05) is 16.6 Å². The van der Waals surface area contributed by atoms with Gasteiger partial charge in [-0.25, -0.2) is 14.5 Å². The largest absolute Gasteiger partial charge is 0.225 e. The van der Waals surface area contributed by atoms with Gasteiger partial charge in [0.1, 0.15) is 11.2 Å². The number of aromatic nitrogens is 4. The standard InChI is InChI=1S/C18H15ClN4S/c1-9-10(2)24-18-15(9)17-21-16(22-23(17)8-20-18)14-7-13(14)11-3-5-12(19)6-4-11/h3-6,8,13-14H,7H2,1-2H3/t13-,14+/m1/s1. The Kier molecular flexibility index (Phi) is 3.00. The summed E-state index contributed by atoms with van der Waals surface area (Å²) in [4.78, 5) is 11.7. The number of rotatable bonds is 2. The molecule has 1 aromatic carbocycles. The molecule has 1 aliphatic rings. The predicted molar refractivity (Wildman–Crippen MR) is 97.2 cm³/mol. The van der Waals surface area contributed by atoms with E-state index in [0.29, 0.717) is 11.8 Å². The quantitative estimate of drug-likeness (QED) is 0.515. The van der Waals surface area contributed by atoms with Gasteiger partial charge in [-0.3, -0.25) is 0 Å². The van der Waals surface area contributed by atoms with Crippen LogP contribution < -0.4 is 0 Å². The summed E-state index contributed by atoms with van der Waals surface area (Å²) in [5.41, 5.74) is 3.50. The van der Waals surface area contributed by atoms with Crippen molar-refractivity contribution >= 4 is 38.8 Å². The van der Waals surface area contributed by atoms with E-state index in [0.717, 1.165) is 33.1 Å². The summed E-state index contributed by atoms with van der Waals surface area (Å²) in [6.07, 6.45) is 2.87. The minimum atomic E-state index is 0.390. The van der Waals surface area contributed by atoms with Crippen molar-refractivity contribution in [2.45, 2.75) is 32.1 Å². The molecule has 0 unspecified atom stereocenters. The normalized spacial score (nSPS) is 20.1. The van der Waals surface area contributed by atoms with Crippen LogP contribution in [0.25, 0.3) is 15.9 Å². The molecule has 0 radical (unpaired) electrons. The molecule has 6 heteroatoms. The first-order chi connectivity index (χ1) is 11.6. The minimum Gasteiger partial charge on any atom is -0.225 e. The van der Waals surface area contributed by atoms with Gasteiger partial charge in [-0.15, -0.1) is 16.4 Å². The Labute approximate surface area is 148 Å². The molecule has 24 heavy (non-hydrogen) atoms. The molecule has 0 N–H and O–H groups in total. The number of halogens is 1. The smallest absolute Gasteiger partial charge is 0.167 e. The van der Waals surface area contributed by atoms with Crippen molar-refractivity contribution in [1.29, 1.82) is 0 Å². The van der Waals surface area contributed by atoms with Crippen LogP contribution in [0.5, 0.6) is 0 Å². The highest BCUT2D eigenvalue weighted by molar-refractivity contribution is 7.18. The van der Waals surface area contributed by atoms with Crippen molar-refractivity contribution in [2.24, 2.45) is 0 Å². The van der Waals surface area contributed by atoms with Crippen LogP contribution in [0, 0.1) is 13.8 Å². The Balaban J connectivity index is 1.57. The zero-order chi connectivity index (χ0) is 16.4. The number of aryl methyl sites for hydroxylation is 2. The van der Waals surface area contributed by atoms with Gasteiger partial charge in [-0.2, -0.15) is 0 Å². The lowest BCUT2D eigenvalue weighted by Gasteiger charge is -1.98. The fourth-order valence-corrected chi connectivity index (χ4v) is 4.49. The Morgan fingerprint density at radius 2 is 1.96 bits per heavy atom. The molecule has 0 bridgehead atoms. The van der Waals surface area contributed by atoms with E-state index < -0.39 is 0 Å². The monoisotopic (exact) mass is 354 g/mol. The third kappa shape index (κ3) is 2.08. The molecule has 1 aliphatic carbocycles. The first-order valence-corrected chi connectivity index (χ1v) is 9.17. The van der Waals surface area contributed by atoms with Gasteiger partial charge in [0.05, 0.1) is 5.39 Å². The van der Waals surface area contributed by atoms with E-state index in [1.54, 1.807) is 17.7 Å². The lowest BCUT2D eigenvalue weighted by molar-refractivity contribution is 0.850. The van der Waals surface area contributed by atoms with Gasteiger partial charge in [0.2, 0.25) is 0 Å². The van der Waals surface area contributed by atoms with Gasteiger partial charge in [0.15, 0.2) is 11.5 Å². The van der Waals surface area contributed by atoms with Crippen LogP contribution in [0.4, 0.5) is 0 Å². The highest BCUT2D eigenvalue weighted by Gasteiger charge is 2.42. The number of thiophene rings is 1. The molecule has 5 rings (SSSR count). The molecule has 4 aromatic rings.